The molecule has 1 amide bonds. The Morgan fingerprint density at radius 3 is 2.58 bits per heavy atom. The minimum absolute atomic E-state index is 0.0769. The highest BCUT2D eigenvalue weighted by atomic mass is 19.1. The van der Waals surface area contributed by atoms with E-state index in [0.717, 1.165) is 11.0 Å². The van der Waals surface area contributed by atoms with Gasteiger partial charge < -0.3 is 5.73 Å². The van der Waals surface area contributed by atoms with Crippen molar-refractivity contribution in [3.63, 3.8) is 0 Å². The highest BCUT2D eigenvalue weighted by Gasteiger charge is 2.19. The van der Waals surface area contributed by atoms with E-state index < -0.39 is 17.5 Å². The number of anilines is 3. The maximum absolute atomic E-state index is 13.8. The van der Waals surface area contributed by atoms with Gasteiger partial charge in [-0.1, -0.05) is 0 Å². The number of rotatable bonds is 2. The van der Waals surface area contributed by atoms with Crippen molar-refractivity contribution in [1.82, 2.24) is 4.98 Å². The van der Waals surface area contributed by atoms with Gasteiger partial charge in [-0.3, -0.25) is 9.69 Å². The predicted octanol–water partition coefficient (Wildman–Crippen LogP) is 2.63. The molecule has 1 aromatic carbocycles. The van der Waals surface area contributed by atoms with Gasteiger partial charge in [0.1, 0.15) is 17.5 Å². The average Bonchev–Trinajstić information content (AvgIpc) is 2.32. The van der Waals surface area contributed by atoms with Crippen LogP contribution in [0.1, 0.15) is 6.92 Å². The molecular formula is C13H11F2N3O. The highest BCUT2D eigenvalue weighted by molar-refractivity contribution is 5.98. The SMILES string of the molecule is CC(=O)N(c1cc(N)ccn1)c1ccc(F)cc1F. The molecule has 1 heterocycles. The number of pyridine rings is 1. The monoisotopic (exact) mass is 263 g/mol. The van der Waals surface area contributed by atoms with E-state index in [2.05, 4.69) is 4.98 Å². The van der Waals surface area contributed by atoms with Crippen LogP contribution >= 0.6 is 0 Å². The molecule has 0 saturated heterocycles. The van der Waals surface area contributed by atoms with Crippen LogP contribution in [-0.4, -0.2) is 10.9 Å². The lowest BCUT2D eigenvalue weighted by Crippen LogP contribution is -2.24. The van der Waals surface area contributed by atoms with Crippen LogP contribution in [0, 0.1) is 11.6 Å². The zero-order valence-electron chi connectivity index (χ0n) is 10.1. The molecule has 2 N–H and O–H groups in total. The molecule has 0 aliphatic heterocycles. The Bertz CT molecular complexity index is 631. The lowest BCUT2D eigenvalue weighted by atomic mass is 10.2. The fourth-order valence-electron chi connectivity index (χ4n) is 1.67. The summed E-state index contributed by atoms with van der Waals surface area (Å²) in [7, 11) is 0. The van der Waals surface area contributed by atoms with Crippen LogP contribution in [-0.2, 0) is 4.79 Å². The quantitative estimate of drug-likeness (QED) is 0.906. The third-order valence-electron chi connectivity index (χ3n) is 2.46. The Balaban J connectivity index is 2.55. The summed E-state index contributed by atoms with van der Waals surface area (Å²) in [4.78, 5) is 16.7. The summed E-state index contributed by atoms with van der Waals surface area (Å²) in [5.74, 6) is -1.84. The average molecular weight is 263 g/mol. The predicted molar refractivity (Wildman–Crippen MR) is 67.8 cm³/mol. The molecule has 1 aromatic heterocycles. The molecule has 0 fully saturated rings. The van der Waals surface area contributed by atoms with Crippen molar-refractivity contribution in [1.29, 1.82) is 0 Å². The standard InChI is InChI=1S/C13H11F2N3O/c1-8(19)18(13-7-10(16)4-5-17-13)12-3-2-9(14)6-11(12)15/h2-7H,1H3,(H2,16,17). The van der Waals surface area contributed by atoms with Gasteiger partial charge in [-0.2, -0.15) is 0 Å². The molecule has 19 heavy (non-hydrogen) atoms. The van der Waals surface area contributed by atoms with Crippen LogP contribution in [0.25, 0.3) is 0 Å². The number of nitrogens with zero attached hydrogens (tertiary/aromatic N) is 2. The van der Waals surface area contributed by atoms with E-state index in [1.165, 1.54) is 25.3 Å². The van der Waals surface area contributed by atoms with Gasteiger partial charge in [-0.05, 0) is 18.2 Å². The van der Waals surface area contributed by atoms with Gasteiger partial charge in [-0.15, -0.1) is 0 Å². The number of hydrogen-bond donors (Lipinski definition) is 1. The molecule has 4 nitrogen and oxygen atoms in total. The Morgan fingerprint density at radius 1 is 1.26 bits per heavy atom. The van der Waals surface area contributed by atoms with Gasteiger partial charge in [0, 0.05) is 30.9 Å². The lowest BCUT2D eigenvalue weighted by Gasteiger charge is -2.20. The number of carbonyl (C=O) groups is 1. The summed E-state index contributed by atoms with van der Waals surface area (Å²) < 4.78 is 26.7. The molecule has 0 spiro atoms. The maximum atomic E-state index is 13.8. The first-order chi connectivity index (χ1) is 8.99. The summed E-state index contributed by atoms with van der Waals surface area (Å²) in [6, 6.07) is 5.93. The third-order valence-corrected chi connectivity index (χ3v) is 2.46. The number of nitrogens with two attached hydrogens (primary N) is 1. The summed E-state index contributed by atoms with van der Waals surface area (Å²) in [5, 5.41) is 0. The summed E-state index contributed by atoms with van der Waals surface area (Å²) >= 11 is 0. The van der Waals surface area contributed by atoms with Gasteiger partial charge in [0.05, 0.1) is 5.69 Å². The molecule has 0 saturated carbocycles. The van der Waals surface area contributed by atoms with Crippen LogP contribution in [0.4, 0.5) is 26.0 Å². The van der Waals surface area contributed by atoms with E-state index >= 15 is 0 Å². The zero-order chi connectivity index (χ0) is 14.0. The fourth-order valence-corrected chi connectivity index (χ4v) is 1.67. The van der Waals surface area contributed by atoms with Crippen molar-refractivity contribution >= 4 is 23.1 Å². The molecule has 0 aliphatic rings. The molecule has 0 aliphatic carbocycles. The number of carbonyl (C=O) groups excluding carboxylic acids is 1. The van der Waals surface area contributed by atoms with Crippen molar-refractivity contribution in [2.75, 3.05) is 10.6 Å². The first-order valence-corrected chi connectivity index (χ1v) is 5.46. The Morgan fingerprint density at radius 2 is 2.00 bits per heavy atom. The van der Waals surface area contributed by atoms with Crippen LogP contribution in [0.15, 0.2) is 36.5 Å². The molecule has 2 aromatic rings. The second-order valence-corrected chi connectivity index (χ2v) is 3.90. The zero-order valence-corrected chi connectivity index (χ0v) is 10.1. The Labute approximate surface area is 108 Å². The van der Waals surface area contributed by atoms with Crippen LogP contribution in [0.3, 0.4) is 0 Å². The summed E-state index contributed by atoms with van der Waals surface area (Å²) in [6.07, 6.45) is 1.40. The third kappa shape index (κ3) is 2.67. The topological polar surface area (TPSA) is 59.2 Å². The second-order valence-electron chi connectivity index (χ2n) is 3.90. The largest absolute Gasteiger partial charge is 0.399 e. The van der Waals surface area contributed by atoms with Crippen molar-refractivity contribution in [3.8, 4) is 0 Å². The molecule has 0 atom stereocenters. The number of halogens is 2. The number of benzene rings is 1. The second kappa shape index (κ2) is 5.01. The van der Waals surface area contributed by atoms with E-state index in [9.17, 15) is 13.6 Å². The number of nitrogen functional groups attached to an aromatic ring is 1. The van der Waals surface area contributed by atoms with E-state index in [-0.39, 0.29) is 11.5 Å². The molecule has 98 valence electrons. The molecular weight excluding hydrogens is 252 g/mol. The molecule has 2 rings (SSSR count). The van der Waals surface area contributed by atoms with Crippen molar-refractivity contribution in [3.05, 3.63) is 48.2 Å². The fraction of sp³-hybridized carbons (Fsp3) is 0.0769. The van der Waals surface area contributed by atoms with Crippen molar-refractivity contribution < 1.29 is 13.6 Å². The maximum Gasteiger partial charge on any atom is 0.229 e. The Hall–Kier alpha value is -2.50. The highest BCUT2D eigenvalue weighted by Crippen LogP contribution is 2.27. The van der Waals surface area contributed by atoms with Gasteiger partial charge in [0.15, 0.2) is 0 Å². The van der Waals surface area contributed by atoms with E-state index in [0.29, 0.717) is 11.8 Å². The van der Waals surface area contributed by atoms with Gasteiger partial charge in [0.25, 0.3) is 0 Å². The number of aromatic nitrogens is 1. The smallest absolute Gasteiger partial charge is 0.229 e. The minimum atomic E-state index is -0.848. The van der Waals surface area contributed by atoms with E-state index in [1.807, 2.05) is 0 Å². The first-order valence-electron chi connectivity index (χ1n) is 5.46. The van der Waals surface area contributed by atoms with Crippen LogP contribution in [0.2, 0.25) is 0 Å². The number of amides is 1. The van der Waals surface area contributed by atoms with Crippen molar-refractivity contribution in [2.24, 2.45) is 0 Å². The van der Waals surface area contributed by atoms with E-state index in [4.69, 9.17) is 5.73 Å². The first kappa shape index (κ1) is 12.9. The molecule has 0 radical (unpaired) electrons. The van der Waals surface area contributed by atoms with Gasteiger partial charge in [-0.25, -0.2) is 13.8 Å². The molecule has 0 unspecified atom stereocenters. The molecule has 6 heteroatoms. The van der Waals surface area contributed by atoms with Gasteiger partial charge in [0.2, 0.25) is 5.91 Å². The summed E-state index contributed by atoms with van der Waals surface area (Å²) in [5.41, 5.74) is 5.92. The molecule has 0 bridgehead atoms. The number of hydrogen-bond acceptors (Lipinski definition) is 3. The minimum Gasteiger partial charge on any atom is -0.399 e. The normalized spacial score (nSPS) is 10.3. The van der Waals surface area contributed by atoms with Crippen molar-refractivity contribution in [2.45, 2.75) is 6.92 Å². The van der Waals surface area contributed by atoms with Crippen LogP contribution < -0.4 is 10.6 Å². The summed E-state index contributed by atoms with van der Waals surface area (Å²) in [6.45, 7) is 1.26. The lowest BCUT2D eigenvalue weighted by molar-refractivity contribution is -0.115. The Kier molecular flexibility index (Phi) is 3.41. The van der Waals surface area contributed by atoms with Crippen LogP contribution in [0.5, 0.6) is 0 Å². The van der Waals surface area contributed by atoms with Gasteiger partial charge >= 0.3 is 0 Å². The van der Waals surface area contributed by atoms with E-state index in [1.54, 1.807) is 6.07 Å².